The van der Waals surface area contributed by atoms with Gasteiger partial charge >= 0.3 is 0 Å². The lowest BCUT2D eigenvalue weighted by Gasteiger charge is -2.24. The van der Waals surface area contributed by atoms with Crippen LogP contribution in [0.15, 0.2) is 59.6 Å². The molecule has 2 heteroatoms. The highest BCUT2D eigenvalue weighted by atomic mass is 15.1. The Morgan fingerprint density at radius 2 is 1.65 bits per heavy atom. The average Bonchev–Trinajstić information content (AvgIpc) is 2.40. The van der Waals surface area contributed by atoms with Crippen LogP contribution in [0.1, 0.15) is 24.2 Å². The van der Waals surface area contributed by atoms with Gasteiger partial charge in [0.1, 0.15) is 6.17 Å². The molecule has 0 bridgehead atoms. The van der Waals surface area contributed by atoms with Crippen molar-refractivity contribution in [1.82, 2.24) is 0 Å². The Hall–Kier alpha value is -2.09. The van der Waals surface area contributed by atoms with Gasteiger partial charge in [-0.25, -0.2) is 0 Å². The molecule has 0 saturated heterocycles. The van der Waals surface area contributed by atoms with Crippen LogP contribution in [-0.4, -0.2) is 5.71 Å². The first-order valence-corrected chi connectivity index (χ1v) is 5.80. The normalized spacial score (nSPS) is 17.9. The predicted octanol–water partition coefficient (Wildman–Crippen LogP) is 3.62. The van der Waals surface area contributed by atoms with Gasteiger partial charge in [0.2, 0.25) is 0 Å². The van der Waals surface area contributed by atoms with Crippen LogP contribution in [0.4, 0.5) is 5.69 Å². The molecule has 0 aromatic heterocycles. The zero-order valence-corrected chi connectivity index (χ0v) is 9.72. The quantitative estimate of drug-likeness (QED) is 0.783. The largest absolute Gasteiger partial charge is 0.360 e. The number of para-hydroxylation sites is 1. The van der Waals surface area contributed by atoms with Crippen LogP contribution in [-0.2, 0) is 0 Å². The lowest BCUT2D eigenvalue weighted by Crippen LogP contribution is -2.17. The molecule has 0 spiro atoms. The monoisotopic (exact) mass is 222 g/mol. The average molecular weight is 222 g/mol. The van der Waals surface area contributed by atoms with E-state index in [2.05, 4.69) is 36.5 Å². The number of anilines is 1. The van der Waals surface area contributed by atoms with Crippen molar-refractivity contribution in [3.63, 3.8) is 0 Å². The third kappa shape index (κ3) is 1.82. The minimum Gasteiger partial charge on any atom is -0.360 e. The van der Waals surface area contributed by atoms with Crippen LogP contribution in [0.25, 0.3) is 0 Å². The summed E-state index contributed by atoms with van der Waals surface area (Å²) in [5.74, 6) is 0. The van der Waals surface area contributed by atoms with E-state index in [0.29, 0.717) is 0 Å². The second kappa shape index (κ2) is 4.06. The molecule has 0 radical (unpaired) electrons. The number of nitrogens with one attached hydrogen (secondary N) is 1. The molecular formula is C15H14N2. The van der Waals surface area contributed by atoms with Gasteiger partial charge in [0.05, 0.1) is 0 Å². The number of rotatable bonds is 1. The lowest BCUT2D eigenvalue weighted by molar-refractivity contribution is 0.827. The minimum absolute atomic E-state index is 0.0334. The smallest absolute Gasteiger partial charge is 0.145 e. The van der Waals surface area contributed by atoms with E-state index in [1.807, 2.05) is 30.3 Å². The molecule has 2 aromatic rings. The zero-order chi connectivity index (χ0) is 11.7. The molecule has 84 valence electrons. The van der Waals surface area contributed by atoms with E-state index in [0.717, 1.165) is 11.4 Å². The van der Waals surface area contributed by atoms with E-state index < -0.39 is 0 Å². The van der Waals surface area contributed by atoms with Gasteiger partial charge in [0.25, 0.3) is 0 Å². The SMILES string of the molecule is CC1=NC(c2ccccc2)Nc2ccccc21. The molecule has 0 aliphatic carbocycles. The first-order valence-electron chi connectivity index (χ1n) is 5.80. The summed E-state index contributed by atoms with van der Waals surface area (Å²) in [6.45, 7) is 2.07. The van der Waals surface area contributed by atoms with Crippen LogP contribution < -0.4 is 5.32 Å². The fourth-order valence-electron chi connectivity index (χ4n) is 2.16. The Balaban J connectivity index is 2.02. The lowest BCUT2D eigenvalue weighted by atomic mass is 10.0. The van der Waals surface area contributed by atoms with Crippen LogP contribution in [0.5, 0.6) is 0 Å². The van der Waals surface area contributed by atoms with Crippen LogP contribution in [0, 0.1) is 0 Å². The van der Waals surface area contributed by atoms with Crippen molar-refractivity contribution in [2.45, 2.75) is 13.1 Å². The van der Waals surface area contributed by atoms with Crippen molar-refractivity contribution in [1.29, 1.82) is 0 Å². The molecule has 1 aliphatic rings. The summed E-state index contributed by atoms with van der Waals surface area (Å²) in [7, 11) is 0. The van der Waals surface area contributed by atoms with E-state index in [1.54, 1.807) is 0 Å². The number of hydrogen-bond donors (Lipinski definition) is 1. The number of hydrogen-bond acceptors (Lipinski definition) is 2. The zero-order valence-electron chi connectivity index (χ0n) is 9.72. The maximum absolute atomic E-state index is 4.70. The Morgan fingerprint density at radius 3 is 2.47 bits per heavy atom. The Labute approximate surface area is 101 Å². The first kappa shape index (κ1) is 10.1. The molecule has 0 fully saturated rings. The van der Waals surface area contributed by atoms with Crippen molar-refractivity contribution in [3.8, 4) is 0 Å². The van der Waals surface area contributed by atoms with E-state index in [1.165, 1.54) is 11.1 Å². The van der Waals surface area contributed by atoms with Gasteiger partial charge in [-0.3, -0.25) is 4.99 Å². The molecule has 2 nitrogen and oxygen atoms in total. The molecular weight excluding hydrogens is 208 g/mol. The van der Waals surface area contributed by atoms with Crippen molar-refractivity contribution >= 4 is 11.4 Å². The molecule has 0 amide bonds. The summed E-state index contributed by atoms with van der Waals surface area (Å²) in [5, 5.41) is 3.46. The molecule has 1 N–H and O–H groups in total. The highest BCUT2D eigenvalue weighted by Crippen LogP contribution is 2.29. The van der Waals surface area contributed by atoms with Gasteiger partial charge in [-0.2, -0.15) is 0 Å². The number of nitrogens with zero attached hydrogens (tertiary/aromatic N) is 1. The van der Waals surface area contributed by atoms with Crippen molar-refractivity contribution in [2.24, 2.45) is 4.99 Å². The summed E-state index contributed by atoms with van der Waals surface area (Å²) in [6, 6.07) is 18.6. The van der Waals surface area contributed by atoms with E-state index >= 15 is 0 Å². The van der Waals surface area contributed by atoms with Crippen LogP contribution in [0.2, 0.25) is 0 Å². The first-order chi connectivity index (χ1) is 8.34. The standard InChI is InChI=1S/C15H14N2/c1-11-13-9-5-6-10-14(13)17-15(16-11)12-7-3-2-4-8-12/h2-10,15,17H,1H3. The maximum atomic E-state index is 4.70. The second-order valence-corrected chi connectivity index (χ2v) is 4.22. The van der Waals surface area contributed by atoms with E-state index in [-0.39, 0.29) is 6.17 Å². The fraction of sp³-hybridized carbons (Fsp3) is 0.133. The summed E-state index contributed by atoms with van der Waals surface area (Å²) in [4.78, 5) is 4.70. The molecule has 0 saturated carbocycles. The third-order valence-electron chi connectivity index (χ3n) is 3.05. The van der Waals surface area contributed by atoms with Crippen molar-refractivity contribution in [2.75, 3.05) is 5.32 Å². The van der Waals surface area contributed by atoms with E-state index in [4.69, 9.17) is 4.99 Å². The van der Waals surface area contributed by atoms with E-state index in [9.17, 15) is 0 Å². The fourth-order valence-corrected chi connectivity index (χ4v) is 2.16. The molecule has 1 aliphatic heterocycles. The van der Waals surface area contributed by atoms with Gasteiger partial charge in [0.15, 0.2) is 0 Å². The van der Waals surface area contributed by atoms with Crippen LogP contribution in [0.3, 0.4) is 0 Å². The highest BCUT2D eigenvalue weighted by Gasteiger charge is 2.17. The molecule has 1 unspecified atom stereocenters. The minimum atomic E-state index is 0.0334. The van der Waals surface area contributed by atoms with Crippen molar-refractivity contribution in [3.05, 3.63) is 65.7 Å². The Bertz CT molecular complexity index is 558. The highest BCUT2D eigenvalue weighted by molar-refractivity contribution is 6.04. The Morgan fingerprint density at radius 1 is 0.941 bits per heavy atom. The maximum Gasteiger partial charge on any atom is 0.145 e. The van der Waals surface area contributed by atoms with Crippen molar-refractivity contribution < 1.29 is 0 Å². The molecule has 1 heterocycles. The predicted molar refractivity (Wildman–Crippen MR) is 71.5 cm³/mol. The topological polar surface area (TPSA) is 24.4 Å². The van der Waals surface area contributed by atoms with Gasteiger partial charge in [-0.15, -0.1) is 0 Å². The van der Waals surface area contributed by atoms with Gasteiger partial charge in [0, 0.05) is 17.0 Å². The van der Waals surface area contributed by atoms with Gasteiger partial charge in [-0.1, -0.05) is 48.5 Å². The number of aliphatic imine (C=N–C) groups is 1. The summed E-state index contributed by atoms with van der Waals surface area (Å²) >= 11 is 0. The molecule has 3 rings (SSSR count). The number of fused-ring (bicyclic) bond motifs is 1. The number of benzene rings is 2. The molecule has 2 aromatic carbocycles. The van der Waals surface area contributed by atoms with Gasteiger partial charge < -0.3 is 5.32 Å². The summed E-state index contributed by atoms with van der Waals surface area (Å²) < 4.78 is 0. The summed E-state index contributed by atoms with van der Waals surface area (Å²) in [6.07, 6.45) is 0.0334. The van der Waals surface area contributed by atoms with Crippen LogP contribution >= 0.6 is 0 Å². The summed E-state index contributed by atoms with van der Waals surface area (Å²) in [5.41, 5.74) is 4.64. The third-order valence-corrected chi connectivity index (χ3v) is 3.05. The molecule has 17 heavy (non-hydrogen) atoms. The van der Waals surface area contributed by atoms with Gasteiger partial charge in [-0.05, 0) is 18.6 Å². The Kier molecular flexibility index (Phi) is 2.41. The second-order valence-electron chi connectivity index (χ2n) is 4.22. The molecule has 1 atom stereocenters.